The largest absolute Gasteiger partial charge is 0.379 e. The van der Waals surface area contributed by atoms with Crippen molar-refractivity contribution in [2.75, 3.05) is 39.9 Å². The summed E-state index contributed by atoms with van der Waals surface area (Å²) in [6.07, 6.45) is 0.763. The lowest BCUT2D eigenvalue weighted by atomic mass is 10.0. The molecule has 1 saturated heterocycles. The van der Waals surface area contributed by atoms with Crippen LogP contribution in [0.2, 0.25) is 0 Å². The van der Waals surface area contributed by atoms with E-state index in [1.807, 2.05) is 0 Å². The third-order valence-corrected chi connectivity index (χ3v) is 4.23. The predicted molar refractivity (Wildman–Crippen MR) is 83.5 cm³/mol. The predicted octanol–water partition coefficient (Wildman–Crippen LogP) is 0.0676. The van der Waals surface area contributed by atoms with Crippen LogP contribution in [0.5, 0.6) is 0 Å². The maximum Gasteiger partial charge on any atom is 0.267 e. The quantitative estimate of drug-likeness (QED) is 0.780. The first kappa shape index (κ1) is 16.9. The van der Waals surface area contributed by atoms with E-state index in [2.05, 4.69) is 29.2 Å². The number of morpholine rings is 1. The van der Waals surface area contributed by atoms with Gasteiger partial charge in [-0.25, -0.2) is 5.01 Å². The van der Waals surface area contributed by atoms with E-state index in [0.29, 0.717) is 31.0 Å². The van der Waals surface area contributed by atoms with Gasteiger partial charge in [-0.3, -0.25) is 14.5 Å². The highest BCUT2D eigenvalue weighted by Gasteiger charge is 2.26. The number of hydrogen-bond donors (Lipinski definition) is 1. The van der Waals surface area contributed by atoms with Crippen LogP contribution < -0.4 is 5.32 Å². The average molecular weight is 310 g/mol. The van der Waals surface area contributed by atoms with Crippen molar-refractivity contribution in [2.45, 2.75) is 32.7 Å². The standard InChI is InChI=1S/C15H26N4O3/c1-11(2)13(19-6-8-22-9-7-19)10-16-15(21)12-4-5-14(20)18(3)17-12/h11,13H,4-10H2,1-3H3,(H,16,21)/t13-/m0/s1. The summed E-state index contributed by atoms with van der Waals surface area (Å²) >= 11 is 0. The van der Waals surface area contributed by atoms with Crippen molar-refractivity contribution in [2.24, 2.45) is 11.0 Å². The minimum Gasteiger partial charge on any atom is -0.379 e. The van der Waals surface area contributed by atoms with Gasteiger partial charge in [-0.1, -0.05) is 13.8 Å². The number of ether oxygens (including phenoxy) is 1. The molecule has 2 aliphatic heterocycles. The smallest absolute Gasteiger partial charge is 0.267 e. The second-order valence-corrected chi connectivity index (χ2v) is 6.13. The number of nitrogens with zero attached hydrogens (tertiary/aromatic N) is 3. The molecule has 0 aromatic rings. The molecule has 0 unspecified atom stereocenters. The Morgan fingerprint density at radius 3 is 2.59 bits per heavy atom. The molecule has 1 atom stereocenters. The first-order valence-corrected chi connectivity index (χ1v) is 7.93. The second-order valence-electron chi connectivity index (χ2n) is 6.13. The topological polar surface area (TPSA) is 74.2 Å². The molecule has 2 amide bonds. The van der Waals surface area contributed by atoms with Gasteiger partial charge in [0.15, 0.2) is 0 Å². The summed E-state index contributed by atoms with van der Waals surface area (Å²) in [5.74, 6) is 0.221. The molecule has 0 spiro atoms. The Labute approximate surface area is 131 Å². The monoisotopic (exact) mass is 310 g/mol. The zero-order valence-corrected chi connectivity index (χ0v) is 13.7. The third-order valence-electron chi connectivity index (χ3n) is 4.23. The molecule has 2 aliphatic rings. The van der Waals surface area contributed by atoms with Crippen molar-refractivity contribution in [3.8, 4) is 0 Å². The highest BCUT2D eigenvalue weighted by molar-refractivity contribution is 6.39. The fourth-order valence-electron chi connectivity index (χ4n) is 2.83. The summed E-state index contributed by atoms with van der Waals surface area (Å²) < 4.78 is 5.39. The van der Waals surface area contributed by atoms with Gasteiger partial charge in [0.2, 0.25) is 5.91 Å². The van der Waals surface area contributed by atoms with E-state index in [0.717, 1.165) is 26.3 Å². The lowest BCUT2D eigenvalue weighted by Gasteiger charge is -2.37. The molecule has 2 heterocycles. The van der Waals surface area contributed by atoms with E-state index in [1.165, 1.54) is 5.01 Å². The van der Waals surface area contributed by atoms with Gasteiger partial charge in [0, 0.05) is 45.6 Å². The van der Waals surface area contributed by atoms with Crippen LogP contribution in [0.25, 0.3) is 0 Å². The van der Waals surface area contributed by atoms with Crippen molar-refractivity contribution in [3.05, 3.63) is 0 Å². The summed E-state index contributed by atoms with van der Waals surface area (Å²) in [6, 6.07) is 0.288. The third kappa shape index (κ3) is 4.27. The van der Waals surface area contributed by atoms with Crippen LogP contribution in [0.4, 0.5) is 0 Å². The van der Waals surface area contributed by atoms with Crippen LogP contribution in [0.1, 0.15) is 26.7 Å². The molecule has 1 fully saturated rings. The van der Waals surface area contributed by atoms with Crippen LogP contribution in [0.3, 0.4) is 0 Å². The number of carbonyl (C=O) groups is 2. The fourth-order valence-corrected chi connectivity index (χ4v) is 2.83. The lowest BCUT2D eigenvalue weighted by molar-refractivity contribution is -0.130. The highest BCUT2D eigenvalue weighted by atomic mass is 16.5. The molecular formula is C15H26N4O3. The highest BCUT2D eigenvalue weighted by Crippen LogP contribution is 2.13. The number of nitrogens with one attached hydrogen (secondary N) is 1. The van der Waals surface area contributed by atoms with Gasteiger partial charge in [0.1, 0.15) is 5.71 Å². The normalized spacial score (nSPS) is 21.7. The SMILES string of the molecule is CC(C)[C@H](CNC(=O)C1=NN(C)C(=O)CC1)N1CCOCC1. The Morgan fingerprint density at radius 1 is 1.32 bits per heavy atom. The zero-order valence-electron chi connectivity index (χ0n) is 13.7. The first-order valence-electron chi connectivity index (χ1n) is 7.93. The molecule has 7 heteroatoms. The van der Waals surface area contributed by atoms with Gasteiger partial charge in [0.25, 0.3) is 5.91 Å². The molecule has 0 saturated carbocycles. The summed E-state index contributed by atoms with van der Waals surface area (Å²) in [6.45, 7) is 8.21. The van der Waals surface area contributed by atoms with Crippen molar-refractivity contribution in [3.63, 3.8) is 0 Å². The number of rotatable bonds is 5. The molecule has 7 nitrogen and oxygen atoms in total. The van der Waals surface area contributed by atoms with Crippen molar-refractivity contribution in [1.29, 1.82) is 0 Å². The van der Waals surface area contributed by atoms with E-state index in [1.54, 1.807) is 7.05 Å². The second kappa shape index (κ2) is 7.69. The number of hydrazone groups is 1. The Kier molecular flexibility index (Phi) is 5.90. The van der Waals surface area contributed by atoms with Gasteiger partial charge < -0.3 is 10.1 Å². The van der Waals surface area contributed by atoms with Gasteiger partial charge >= 0.3 is 0 Å². The van der Waals surface area contributed by atoms with E-state index in [-0.39, 0.29) is 17.9 Å². The van der Waals surface area contributed by atoms with Crippen LogP contribution in [0, 0.1) is 5.92 Å². The molecule has 0 aromatic heterocycles. The summed E-state index contributed by atoms with van der Waals surface area (Å²) in [7, 11) is 1.58. The van der Waals surface area contributed by atoms with Crippen LogP contribution in [-0.2, 0) is 14.3 Å². The molecule has 0 radical (unpaired) electrons. The minimum absolute atomic E-state index is 0.0510. The fraction of sp³-hybridized carbons (Fsp3) is 0.800. The maximum atomic E-state index is 12.2. The van der Waals surface area contributed by atoms with Crippen molar-refractivity contribution in [1.82, 2.24) is 15.2 Å². The molecule has 0 bridgehead atoms. The van der Waals surface area contributed by atoms with E-state index < -0.39 is 0 Å². The molecule has 0 aromatic carbocycles. The van der Waals surface area contributed by atoms with Crippen molar-refractivity contribution < 1.29 is 14.3 Å². The molecule has 1 N–H and O–H groups in total. The van der Waals surface area contributed by atoms with Gasteiger partial charge in [0.05, 0.1) is 13.2 Å². The minimum atomic E-state index is -0.168. The van der Waals surface area contributed by atoms with Crippen LogP contribution in [0.15, 0.2) is 5.10 Å². The van der Waals surface area contributed by atoms with Gasteiger partial charge in [-0.2, -0.15) is 5.10 Å². The zero-order chi connectivity index (χ0) is 16.1. The molecule has 22 heavy (non-hydrogen) atoms. The lowest BCUT2D eigenvalue weighted by Crippen LogP contribution is -2.52. The van der Waals surface area contributed by atoms with Gasteiger partial charge in [-0.05, 0) is 5.92 Å². The van der Waals surface area contributed by atoms with Gasteiger partial charge in [-0.15, -0.1) is 0 Å². The Balaban J connectivity index is 1.90. The maximum absolute atomic E-state index is 12.2. The van der Waals surface area contributed by atoms with Crippen LogP contribution >= 0.6 is 0 Å². The van der Waals surface area contributed by atoms with Crippen LogP contribution in [-0.4, -0.2) is 73.4 Å². The summed E-state index contributed by atoms with van der Waals surface area (Å²) in [5.41, 5.74) is 0.437. The Bertz CT molecular complexity index is 444. The average Bonchev–Trinajstić information content (AvgIpc) is 2.50. The number of hydrogen-bond acceptors (Lipinski definition) is 5. The number of carbonyl (C=O) groups excluding carboxylic acids is 2. The van der Waals surface area contributed by atoms with Crippen molar-refractivity contribution >= 4 is 17.5 Å². The Morgan fingerprint density at radius 2 is 2.00 bits per heavy atom. The summed E-state index contributed by atoms with van der Waals surface area (Å²) in [4.78, 5) is 26.0. The molecule has 0 aliphatic carbocycles. The van der Waals surface area contributed by atoms with E-state index in [9.17, 15) is 9.59 Å². The molecule has 2 rings (SSSR count). The van der Waals surface area contributed by atoms with E-state index in [4.69, 9.17) is 4.74 Å². The molecular weight excluding hydrogens is 284 g/mol. The van der Waals surface area contributed by atoms with E-state index >= 15 is 0 Å². The number of amides is 2. The summed E-state index contributed by atoms with van der Waals surface area (Å²) in [5, 5.41) is 8.28. The molecule has 124 valence electrons. The Hall–Kier alpha value is -1.47. The first-order chi connectivity index (χ1) is 10.5.